The first kappa shape index (κ1) is 29.5. The van der Waals surface area contributed by atoms with Crippen molar-refractivity contribution in [3.8, 4) is 0 Å². The van der Waals surface area contributed by atoms with E-state index in [2.05, 4.69) is 52.2 Å². The molecule has 4 atom stereocenters. The summed E-state index contributed by atoms with van der Waals surface area (Å²) in [6.07, 6.45) is 4.80. The minimum Gasteiger partial charge on any atom is -0.480 e. The number of carboxylic acids is 1. The molecule has 0 spiro atoms. The second kappa shape index (κ2) is 13.3. The number of piperidine rings is 1. The Morgan fingerprint density at radius 1 is 1.07 bits per heavy atom. The van der Waals surface area contributed by atoms with Crippen molar-refractivity contribution in [3.63, 3.8) is 0 Å². The third-order valence-corrected chi connectivity index (χ3v) is 9.21. The van der Waals surface area contributed by atoms with E-state index in [1.165, 1.54) is 17.3 Å². The van der Waals surface area contributed by atoms with Crippen molar-refractivity contribution >= 4 is 5.97 Å². The van der Waals surface area contributed by atoms with Crippen LogP contribution in [0.15, 0.2) is 60.7 Å². The van der Waals surface area contributed by atoms with Crippen molar-refractivity contribution < 1.29 is 14.3 Å². The third-order valence-electron chi connectivity index (χ3n) is 9.21. The van der Waals surface area contributed by atoms with E-state index in [4.69, 9.17) is 5.10 Å². The van der Waals surface area contributed by atoms with Gasteiger partial charge in [-0.25, -0.2) is 4.39 Å². The van der Waals surface area contributed by atoms with Crippen molar-refractivity contribution in [2.45, 2.75) is 83.3 Å². The molecule has 1 aromatic heterocycles. The fourth-order valence-electron chi connectivity index (χ4n) is 7.11. The van der Waals surface area contributed by atoms with E-state index in [1.807, 2.05) is 26.0 Å². The number of carboxylic acid groups (broad SMARTS) is 1. The Hall–Kier alpha value is -3.03. The highest BCUT2D eigenvalue weighted by Crippen LogP contribution is 2.42. The average molecular weight is 561 g/mol. The molecule has 6 nitrogen and oxygen atoms in total. The van der Waals surface area contributed by atoms with Gasteiger partial charge in [0.15, 0.2) is 0 Å². The number of benzene rings is 2. The molecule has 3 aromatic rings. The van der Waals surface area contributed by atoms with E-state index >= 15 is 0 Å². The van der Waals surface area contributed by atoms with Gasteiger partial charge in [0.1, 0.15) is 11.9 Å². The third kappa shape index (κ3) is 7.25. The Balaban J connectivity index is 1.24. The molecule has 1 aliphatic carbocycles. The standard InChI is InChI=1S/C34H45FN4O2/c1-4-39-32(21-30(37-39)17-24-9-6-5-7-10-24)25-13-15-38(16-14-25)22-27-19-29(36-33(23(2)3)34(40)41)20-31(27)26-11-8-12-28(35)18-26/h5-12,18,21,23,25,27,29,31,33,36H,4,13-17,19-20,22H2,1-3H3,(H,40,41)/t27-,29?,31-,33?/m1/s1. The lowest BCUT2D eigenvalue weighted by Crippen LogP contribution is -2.46. The van der Waals surface area contributed by atoms with Gasteiger partial charge in [0.05, 0.1) is 5.69 Å². The topological polar surface area (TPSA) is 70.4 Å². The van der Waals surface area contributed by atoms with E-state index < -0.39 is 12.0 Å². The zero-order chi connectivity index (χ0) is 28.9. The zero-order valence-electron chi connectivity index (χ0n) is 24.7. The fourth-order valence-corrected chi connectivity index (χ4v) is 7.11. The molecule has 1 saturated heterocycles. The van der Waals surface area contributed by atoms with Gasteiger partial charge < -0.3 is 15.3 Å². The monoisotopic (exact) mass is 560 g/mol. The van der Waals surface area contributed by atoms with E-state index in [9.17, 15) is 14.3 Å². The summed E-state index contributed by atoms with van der Waals surface area (Å²) in [5, 5.41) is 18.1. The summed E-state index contributed by atoms with van der Waals surface area (Å²) >= 11 is 0. The molecule has 7 heteroatoms. The highest BCUT2D eigenvalue weighted by Gasteiger charge is 2.39. The van der Waals surface area contributed by atoms with Crippen LogP contribution in [-0.4, -0.2) is 57.5 Å². The molecule has 0 amide bonds. The second-order valence-electron chi connectivity index (χ2n) is 12.4. The molecular formula is C34H45FN4O2. The number of hydrogen-bond acceptors (Lipinski definition) is 4. The Labute approximate surface area is 244 Å². The lowest BCUT2D eigenvalue weighted by Gasteiger charge is -2.35. The van der Waals surface area contributed by atoms with Crippen LogP contribution in [-0.2, 0) is 17.8 Å². The Bertz CT molecular complexity index is 1280. The molecule has 41 heavy (non-hydrogen) atoms. The van der Waals surface area contributed by atoms with Crippen molar-refractivity contribution in [3.05, 3.63) is 89.0 Å². The zero-order valence-corrected chi connectivity index (χ0v) is 24.7. The van der Waals surface area contributed by atoms with Gasteiger partial charge in [0.2, 0.25) is 0 Å². The summed E-state index contributed by atoms with van der Waals surface area (Å²) in [4.78, 5) is 14.5. The summed E-state index contributed by atoms with van der Waals surface area (Å²) in [6.45, 7) is 9.96. The van der Waals surface area contributed by atoms with Gasteiger partial charge in [-0.3, -0.25) is 9.48 Å². The maximum absolute atomic E-state index is 14.2. The van der Waals surface area contributed by atoms with Gasteiger partial charge in [-0.2, -0.15) is 5.10 Å². The largest absolute Gasteiger partial charge is 0.480 e. The summed E-state index contributed by atoms with van der Waals surface area (Å²) in [5.41, 5.74) is 4.81. The van der Waals surface area contributed by atoms with Gasteiger partial charge >= 0.3 is 5.97 Å². The molecule has 2 unspecified atom stereocenters. The molecule has 5 rings (SSSR count). The number of carbonyl (C=O) groups is 1. The van der Waals surface area contributed by atoms with E-state index in [0.717, 1.165) is 69.5 Å². The smallest absolute Gasteiger partial charge is 0.320 e. The minimum atomic E-state index is -0.800. The number of aliphatic carboxylic acids is 1. The molecule has 1 aliphatic heterocycles. The SMILES string of the molecule is CCn1nc(Cc2ccccc2)cc1C1CCN(C[C@H]2CC(NC(C(=O)O)C(C)C)C[C@@H]2c2cccc(F)c2)CC1. The number of hydrogen-bond donors (Lipinski definition) is 2. The number of aryl methyl sites for hydroxylation is 1. The highest BCUT2D eigenvalue weighted by atomic mass is 19.1. The van der Waals surface area contributed by atoms with Gasteiger partial charge in [-0.15, -0.1) is 0 Å². The van der Waals surface area contributed by atoms with Crippen LogP contribution < -0.4 is 5.32 Å². The molecule has 1 saturated carbocycles. The normalized spacial score (nSPS) is 22.8. The first-order valence-electron chi connectivity index (χ1n) is 15.4. The van der Waals surface area contributed by atoms with Crippen LogP contribution in [0.1, 0.15) is 80.8 Å². The van der Waals surface area contributed by atoms with Crippen molar-refractivity contribution in [2.24, 2.45) is 11.8 Å². The minimum absolute atomic E-state index is 0.00274. The molecule has 2 fully saturated rings. The Morgan fingerprint density at radius 2 is 1.83 bits per heavy atom. The molecular weight excluding hydrogens is 515 g/mol. The van der Waals surface area contributed by atoms with Crippen LogP contribution in [0.5, 0.6) is 0 Å². The van der Waals surface area contributed by atoms with Crippen LogP contribution in [0.3, 0.4) is 0 Å². The molecule has 2 heterocycles. The van der Waals surface area contributed by atoms with Crippen LogP contribution >= 0.6 is 0 Å². The van der Waals surface area contributed by atoms with Crippen molar-refractivity contribution in [1.82, 2.24) is 20.0 Å². The highest BCUT2D eigenvalue weighted by molar-refractivity contribution is 5.73. The Morgan fingerprint density at radius 3 is 2.49 bits per heavy atom. The van der Waals surface area contributed by atoms with Gasteiger partial charge in [-0.1, -0.05) is 56.3 Å². The summed E-state index contributed by atoms with van der Waals surface area (Å²) in [5.74, 6) is 0.0653. The van der Waals surface area contributed by atoms with E-state index in [1.54, 1.807) is 12.1 Å². The second-order valence-corrected chi connectivity index (χ2v) is 12.4. The maximum atomic E-state index is 14.2. The predicted molar refractivity (Wildman–Crippen MR) is 161 cm³/mol. The van der Waals surface area contributed by atoms with Crippen LogP contribution in [0.25, 0.3) is 0 Å². The van der Waals surface area contributed by atoms with Gasteiger partial charge in [0, 0.05) is 37.2 Å². The van der Waals surface area contributed by atoms with Crippen LogP contribution in [0, 0.1) is 17.7 Å². The molecule has 2 N–H and O–H groups in total. The Kier molecular flexibility index (Phi) is 9.56. The summed E-state index contributed by atoms with van der Waals surface area (Å²) < 4.78 is 16.4. The van der Waals surface area contributed by atoms with Crippen LogP contribution in [0.2, 0.25) is 0 Å². The molecule has 0 radical (unpaired) electrons. The van der Waals surface area contributed by atoms with Gasteiger partial charge in [-0.05, 0) is 92.8 Å². The quantitative estimate of drug-likeness (QED) is 0.298. The lowest BCUT2D eigenvalue weighted by atomic mass is 9.87. The summed E-state index contributed by atoms with van der Waals surface area (Å²) in [7, 11) is 0. The molecule has 220 valence electrons. The molecule has 0 bridgehead atoms. The number of aromatic nitrogens is 2. The molecule has 2 aliphatic rings. The first-order chi connectivity index (χ1) is 19.8. The van der Waals surface area contributed by atoms with E-state index in [-0.39, 0.29) is 23.7 Å². The number of nitrogens with one attached hydrogen (secondary N) is 1. The van der Waals surface area contributed by atoms with Gasteiger partial charge in [0.25, 0.3) is 0 Å². The fraction of sp³-hybridized carbons (Fsp3) is 0.529. The summed E-state index contributed by atoms with van der Waals surface area (Å²) in [6, 6.07) is 19.4. The van der Waals surface area contributed by atoms with Crippen LogP contribution in [0.4, 0.5) is 4.39 Å². The molecule has 2 aromatic carbocycles. The number of likely N-dealkylation sites (tertiary alicyclic amines) is 1. The number of rotatable bonds is 11. The lowest BCUT2D eigenvalue weighted by molar-refractivity contribution is -0.140. The van der Waals surface area contributed by atoms with Crippen molar-refractivity contribution in [2.75, 3.05) is 19.6 Å². The number of nitrogens with zero attached hydrogens (tertiary/aromatic N) is 3. The average Bonchev–Trinajstić information content (AvgIpc) is 3.56. The first-order valence-corrected chi connectivity index (χ1v) is 15.4. The predicted octanol–water partition coefficient (Wildman–Crippen LogP) is 6.07. The van der Waals surface area contributed by atoms with E-state index in [0.29, 0.717) is 11.8 Å². The number of halogens is 1. The van der Waals surface area contributed by atoms with Crippen molar-refractivity contribution in [1.29, 1.82) is 0 Å². The maximum Gasteiger partial charge on any atom is 0.320 e.